The molecule has 24 heavy (non-hydrogen) atoms. The molecule has 4 rings (SSSR count). The maximum Gasteiger partial charge on any atom is 0.290 e. The smallest absolute Gasteiger partial charge is 0.290 e. The van der Waals surface area contributed by atoms with Gasteiger partial charge in [-0.05, 0) is 30.7 Å². The van der Waals surface area contributed by atoms with Gasteiger partial charge < -0.3 is 14.1 Å². The highest BCUT2D eigenvalue weighted by molar-refractivity contribution is 5.99. The molecule has 0 radical (unpaired) electrons. The molecule has 0 aliphatic carbocycles. The summed E-state index contributed by atoms with van der Waals surface area (Å²) in [5.41, 5.74) is 2.67. The summed E-state index contributed by atoms with van der Waals surface area (Å²) in [7, 11) is 0. The molecule has 5 nitrogen and oxygen atoms in total. The van der Waals surface area contributed by atoms with Crippen LogP contribution in [0, 0.1) is 6.92 Å². The molecule has 1 aromatic carbocycles. The van der Waals surface area contributed by atoms with Crippen molar-refractivity contribution in [1.29, 1.82) is 0 Å². The van der Waals surface area contributed by atoms with E-state index in [9.17, 15) is 4.79 Å². The number of carbonyl (C=O) groups is 1. The van der Waals surface area contributed by atoms with Gasteiger partial charge in [-0.2, -0.15) is 0 Å². The van der Waals surface area contributed by atoms with Gasteiger partial charge in [0.15, 0.2) is 5.76 Å². The van der Waals surface area contributed by atoms with E-state index in [-0.39, 0.29) is 12.0 Å². The Morgan fingerprint density at radius 2 is 2.00 bits per heavy atom. The van der Waals surface area contributed by atoms with Crippen LogP contribution in [-0.4, -0.2) is 35.5 Å². The molecule has 122 valence electrons. The average molecular weight is 322 g/mol. The maximum atomic E-state index is 12.9. The van der Waals surface area contributed by atoms with Crippen LogP contribution < -0.4 is 0 Å². The number of morpholine rings is 1. The third-order valence-corrected chi connectivity index (χ3v) is 4.47. The number of aryl methyl sites for hydroxylation is 1. The van der Waals surface area contributed by atoms with Gasteiger partial charge in [-0.25, -0.2) is 0 Å². The SMILES string of the molecule is Cc1c(C(=O)N2CCO[C@@H](c3ccncc3)C2)oc2ccccc12. The summed E-state index contributed by atoms with van der Waals surface area (Å²) in [4.78, 5) is 18.8. The van der Waals surface area contributed by atoms with Crippen LogP contribution in [0.1, 0.15) is 27.8 Å². The largest absolute Gasteiger partial charge is 0.451 e. The number of furan rings is 1. The molecule has 3 heterocycles. The van der Waals surface area contributed by atoms with Crippen LogP contribution in [-0.2, 0) is 4.74 Å². The number of amides is 1. The van der Waals surface area contributed by atoms with Crippen molar-refractivity contribution in [2.45, 2.75) is 13.0 Å². The third-order valence-electron chi connectivity index (χ3n) is 4.47. The number of aromatic nitrogens is 1. The van der Waals surface area contributed by atoms with E-state index < -0.39 is 0 Å². The van der Waals surface area contributed by atoms with E-state index in [2.05, 4.69) is 4.98 Å². The monoisotopic (exact) mass is 322 g/mol. The molecule has 1 atom stereocenters. The van der Waals surface area contributed by atoms with Gasteiger partial charge >= 0.3 is 0 Å². The van der Waals surface area contributed by atoms with E-state index in [0.717, 1.165) is 22.1 Å². The van der Waals surface area contributed by atoms with Gasteiger partial charge in [0.25, 0.3) is 5.91 Å². The van der Waals surface area contributed by atoms with Crippen molar-refractivity contribution >= 4 is 16.9 Å². The first kappa shape index (κ1) is 14.9. The Morgan fingerprint density at radius 3 is 2.79 bits per heavy atom. The molecule has 1 saturated heterocycles. The second kappa shape index (κ2) is 6.09. The lowest BCUT2D eigenvalue weighted by Crippen LogP contribution is -2.42. The number of pyridine rings is 1. The van der Waals surface area contributed by atoms with Crippen LogP contribution in [0.4, 0.5) is 0 Å². The van der Waals surface area contributed by atoms with Crippen LogP contribution in [0.3, 0.4) is 0 Å². The van der Waals surface area contributed by atoms with Crippen molar-refractivity contribution in [1.82, 2.24) is 9.88 Å². The molecule has 2 aromatic heterocycles. The fraction of sp³-hybridized carbons (Fsp3) is 0.263. The molecule has 1 fully saturated rings. The highest BCUT2D eigenvalue weighted by atomic mass is 16.5. The number of ether oxygens (including phenoxy) is 1. The van der Waals surface area contributed by atoms with Gasteiger partial charge in [-0.1, -0.05) is 18.2 Å². The fourth-order valence-electron chi connectivity index (χ4n) is 3.14. The molecule has 1 aliphatic heterocycles. The Kier molecular flexibility index (Phi) is 3.78. The van der Waals surface area contributed by atoms with Crippen LogP contribution in [0.25, 0.3) is 11.0 Å². The first-order valence-electron chi connectivity index (χ1n) is 8.03. The molecule has 0 unspecified atom stereocenters. The molecule has 5 heteroatoms. The number of para-hydroxylation sites is 1. The van der Waals surface area contributed by atoms with Gasteiger partial charge in [0.05, 0.1) is 13.2 Å². The highest BCUT2D eigenvalue weighted by Crippen LogP contribution is 2.28. The maximum absolute atomic E-state index is 12.9. The number of rotatable bonds is 2. The molecule has 3 aromatic rings. The standard InChI is InChI=1S/C19H18N2O3/c1-13-15-4-2-3-5-16(15)24-18(13)19(22)21-10-11-23-17(12-21)14-6-8-20-9-7-14/h2-9,17H,10-12H2,1H3/t17-/m1/s1. The van der Waals surface area contributed by atoms with Crippen LogP contribution in [0.15, 0.2) is 53.2 Å². The number of nitrogens with zero attached hydrogens (tertiary/aromatic N) is 2. The fourth-order valence-corrected chi connectivity index (χ4v) is 3.14. The van der Waals surface area contributed by atoms with Crippen molar-refractivity contribution in [3.63, 3.8) is 0 Å². The van der Waals surface area contributed by atoms with Gasteiger partial charge in [0, 0.05) is 29.9 Å². The lowest BCUT2D eigenvalue weighted by molar-refractivity contribution is -0.0237. The Labute approximate surface area is 139 Å². The molecule has 0 spiro atoms. The minimum Gasteiger partial charge on any atom is -0.451 e. The molecule has 1 amide bonds. The number of hydrogen-bond acceptors (Lipinski definition) is 4. The van der Waals surface area contributed by atoms with Gasteiger partial charge in [0.2, 0.25) is 0 Å². The minimum atomic E-state index is -0.129. The van der Waals surface area contributed by atoms with Gasteiger partial charge in [-0.3, -0.25) is 9.78 Å². The Hall–Kier alpha value is -2.66. The van der Waals surface area contributed by atoms with E-state index in [1.807, 2.05) is 43.3 Å². The second-order valence-electron chi connectivity index (χ2n) is 5.94. The van der Waals surface area contributed by atoms with Crippen LogP contribution in [0.2, 0.25) is 0 Å². The van der Waals surface area contributed by atoms with Crippen LogP contribution >= 0.6 is 0 Å². The number of hydrogen-bond donors (Lipinski definition) is 0. The zero-order chi connectivity index (χ0) is 16.5. The average Bonchev–Trinajstić information content (AvgIpc) is 2.99. The quantitative estimate of drug-likeness (QED) is 0.726. The first-order chi connectivity index (χ1) is 11.7. The lowest BCUT2D eigenvalue weighted by Gasteiger charge is -2.32. The summed E-state index contributed by atoms with van der Waals surface area (Å²) >= 11 is 0. The van der Waals surface area contributed by atoms with Crippen molar-refractivity contribution in [3.05, 3.63) is 65.7 Å². The zero-order valence-corrected chi connectivity index (χ0v) is 13.4. The molecular formula is C19H18N2O3. The Balaban J connectivity index is 1.60. The van der Waals surface area contributed by atoms with Crippen molar-refractivity contribution in [3.8, 4) is 0 Å². The minimum absolute atomic E-state index is 0.0777. The predicted octanol–water partition coefficient (Wildman–Crippen LogP) is 3.35. The Bertz CT molecular complexity index is 873. The zero-order valence-electron chi connectivity index (χ0n) is 13.4. The first-order valence-corrected chi connectivity index (χ1v) is 8.03. The summed E-state index contributed by atoms with van der Waals surface area (Å²) in [6.07, 6.45) is 3.35. The third kappa shape index (κ3) is 2.57. The normalized spacial score (nSPS) is 18.0. The molecule has 1 aliphatic rings. The Morgan fingerprint density at radius 1 is 1.21 bits per heavy atom. The highest BCUT2D eigenvalue weighted by Gasteiger charge is 2.29. The molecule has 0 N–H and O–H groups in total. The van der Waals surface area contributed by atoms with Gasteiger partial charge in [-0.15, -0.1) is 0 Å². The van der Waals surface area contributed by atoms with Crippen molar-refractivity contribution in [2.75, 3.05) is 19.7 Å². The van der Waals surface area contributed by atoms with E-state index in [1.54, 1.807) is 17.3 Å². The van der Waals surface area contributed by atoms with Crippen molar-refractivity contribution < 1.29 is 13.9 Å². The van der Waals surface area contributed by atoms with Gasteiger partial charge in [0.1, 0.15) is 11.7 Å². The lowest BCUT2D eigenvalue weighted by atomic mass is 10.1. The van der Waals surface area contributed by atoms with Crippen molar-refractivity contribution in [2.24, 2.45) is 0 Å². The second-order valence-corrected chi connectivity index (χ2v) is 5.94. The molecular weight excluding hydrogens is 304 g/mol. The summed E-state index contributed by atoms with van der Waals surface area (Å²) < 4.78 is 11.6. The summed E-state index contributed by atoms with van der Waals surface area (Å²) in [5.74, 6) is 0.345. The van der Waals surface area contributed by atoms with E-state index in [1.165, 1.54) is 0 Å². The molecule has 0 saturated carbocycles. The van der Waals surface area contributed by atoms with E-state index in [0.29, 0.717) is 25.5 Å². The summed E-state index contributed by atoms with van der Waals surface area (Å²) in [6, 6.07) is 11.6. The molecule has 0 bridgehead atoms. The summed E-state index contributed by atoms with van der Waals surface area (Å²) in [6.45, 7) is 3.52. The van der Waals surface area contributed by atoms with E-state index in [4.69, 9.17) is 9.15 Å². The topological polar surface area (TPSA) is 55.6 Å². The number of fused-ring (bicyclic) bond motifs is 1. The predicted molar refractivity (Wildman–Crippen MR) is 89.8 cm³/mol. The number of carbonyl (C=O) groups excluding carboxylic acids is 1. The van der Waals surface area contributed by atoms with E-state index >= 15 is 0 Å². The summed E-state index contributed by atoms with van der Waals surface area (Å²) in [5, 5.41) is 0.986. The number of benzene rings is 1. The van der Waals surface area contributed by atoms with Crippen LogP contribution in [0.5, 0.6) is 0 Å².